The Morgan fingerprint density at radius 1 is 1.17 bits per heavy atom. The summed E-state index contributed by atoms with van der Waals surface area (Å²) in [5.74, 6) is 2.65. The fraction of sp³-hybridized carbons (Fsp3) is 0.591. The van der Waals surface area contributed by atoms with Gasteiger partial charge in [-0.2, -0.15) is 0 Å². The molecule has 0 spiro atoms. The van der Waals surface area contributed by atoms with E-state index in [1.807, 2.05) is 29.2 Å². The van der Waals surface area contributed by atoms with Gasteiger partial charge in [0.25, 0.3) is 0 Å². The molecule has 0 bridgehead atoms. The predicted octanol–water partition coefficient (Wildman–Crippen LogP) is 3.61. The van der Waals surface area contributed by atoms with E-state index in [9.17, 15) is 4.79 Å². The Kier molecular flexibility index (Phi) is 7.33. The molecule has 3 heterocycles. The van der Waals surface area contributed by atoms with Gasteiger partial charge in [0.05, 0.1) is 6.42 Å². The van der Waals surface area contributed by atoms with Gasteiger partial charge in [-0.1, -0.05) is 35.5 Å². The molecular weight excluding hydrogens is 418 g/mol. The van der Waals surface area contributed by atoms with Crippen molar-refractivity contribution in [1.29, 1.82) is 0 Å². The molecule has 1 aromatic carbocycles. The third-order valence-corrected chi connectivity index (χ3v) is 7.40. The van der Waals surface area contributed by atoms with Crippen LogP contribution in [-0.2, 0) is 18.3 Å². The summed E-state index contributed by atoms with van der Waals surface area (Å²) in [6.45, 7) is 5.14. The number of hydrogen-bond donors (Lipinski definition) is 0. The second-order valence-electron chi connectivity index (χ2n) is 8.26. The molecule has 0 unspecified atom stereocenters. The summed E-state index contributed by atoms with van der Waals surface area (Å²) in [7, 11) is 2.07. The zero-order chi connectivity index (χ0) is 20.9. The van der Waals surface area contributed by atoms with Crippen LogP contribution < -0.4 is 0 Å². The Labute approximate surface area is 188 Å². The average molecular weight is 448 g/mol. The molecule has 0 radical (unpaired) electrons. The Balaban J connectivity index is 1.26. The van der Waals surface area contributed by atoms with Crippen molar-refractivity contribution >= 4 is 29.3 Å². The summed E-state index contributed by atoms with van der Waals surface area (Å²) in [6.07, 6.45) is 4.95. The number of nitrogens with zero attached hydrogens (tertiary/aromatic N) is 5. The number of hydrogen-bond acceptors (Lipinski definition) is 5. The van der Waals surface area contributed by atoms with Gasteiger partial charge in [0.2, 0.25) is 5.91 Å². The fourth-order valence-electron chi connectivity index (χ4n) is 4.40. The summed E-state index contributed by atoms with van der Waals surface area (Å²) >= 11 is 7.84. The van der Waals surface area contributed by atoms with E-state index in [1.54, 1.807) is 11.8 Å². The molecule has 0 N–H and O–H groups in total. The van der Waals surface area contributed by atoms with Gasteiger partial charge in [-0.25, -0.2) is 0 Å². The van der Waals surface area contributed by atoms with E-state index in [0.717, 1.165) is 54.8 Å². The van der Waals surface area contributed by atoms with Gasteiger partial charge < -0.3 is 14.4 Å². The van der Waals surface area contributed by atoms with Gasteiger partial charge in [-0.05, 0) is 56.5 Å². The second-order valence-corrected chi connectivity index (χ2v) is 9.76. The molecule has 4 rings (SSSR count). The smallest absolute Gasteiger partial charge is 0.226 e. The van der Waals surface area contributed by atoms with Gasteiger partial charge in [0.1, 0.15) is 5.82 Å². The molecule has 6 nitrogen and oxygen atoms in total. The molecule has 2 aromatic rings. The van der Waals surface area contributed by atoms with Crippen molar-refractivity contribution in [1.82, 2.24) is 24.6 Å². The van der Waals surface area contributed by atoms with Crippen molar-refractivity contribution in [3.63, 3.8) is 0 Å². The highest BCUT2D eigenvalue weighted by molar-refractivity contribution is 7.99. The van der Waals surface area contributed by atoms with Crippen molar-refractivity contribution in [2.45, 2.75) is 43.2 Å². The summed E-state index contributed by atoms with van der Waals surface area (Å²) in [5, 5.41) is 10.6. The zero-order valence-corrected chi connectivity index (χ0v) is 19.2. The Morgan fingerprint density at radius 3 is 2.67 bits per heavy atom. The van der Waals surface area contributed by atoms with Crippen molar-refractivity contribution in [3.8, 4) is 0 Å². The van der Waals surface area contributed by atoms with Crippen LogP contribution in [0.2, 0.25) is 5.02 Å². The van der Waals surface area contributed by atoms with E-state index < -0.39 is 0 Å². The molecule has 0 aliphatic carbocycles. The molecule has 2 aliphatic rings. The van der Waals surface area contributed by atoms with Crippen molar-refractivity contribution in [2.75, 3.05) is 38.5 Å². The molecule has 0 saturated carbocycles. The maximum absolute atomic E-state index is 12.7. The van der Waals surface area contributed by atoms with Crippen LogP contribution in [0.15, 0.2) is 29.4 Å². The van der Waals surface area contributed by atoms with Crippen molar-refractivity contribution in [2.24, 2.45) is 7.05 Å². The monoisotopic (exact) mass is 447 g/mol. The van der Waals surface area contributed by atoms with Crippen molar-refractivity contribution < 1.29 is 4.79 Å². The maximum Gasteiger partial charge on any atom is 0.226 e. The van der Waals surface area contributed by atoms with Gasteiger partial charge in [-0.3, -0.25) is 4.79 Å². The quantitative estimate of drug-likeness (QED) is 0.607. The lowest BCUT2D eigenvalue weighted by Gasteiger charge is -2.31. The highest BCUT2D eigenvalue weighted by atomic mass is 35.5. The number of aromatic nitrogens is 3. The number of rotatable bonds is 7. The van der Waals surface area contributed by atoms with Crippen LogP contribution in [0.4, 0.5) is 0 Å². The van der Waals surface area contributed by atoms with Crippen LogP contribution >= 0.6 is 23.4 Å². The van der Waals surface area contributed by atoms with Crippen LogP contribution in [-0.4, -0.2) is 68.9 Å². The molecule has 0 atom stereocenters. The van der Waals surface area contributed by atoms with Crippen LogP contribution in [0.1, 0.15) is 43.0 Å². The topological polar surface area (TPSA) is 54.3 Å². The van der Waals surface area contributed by atoms with Gasteiger partial charge in [0, 0.05) is 43.4 Å². The molecule has 8 heteroatoms. The van der Waals surface area contributed by atoms with Crippen LogP contribution in [0.25, 0.3) is 0 Å². The average Bonchev–Trinajstić information content (AvgIpc) is 3.38. The van der Waals surface area contributed by atoms with Crippen molar-refractivity contribution in [3.05, 3.63) is 40.7 Å². The van der Waals surface area contributed by atoms with E-state index in [-0.39, 0.29) is 5.91 Å². The molecule has 1 amide bonds. The SMILES string of the molecule is Cn1c(SCCN2CCCC2)nnc1C1CCN(C(=O)Cc2cccc(Cl)c2)CC1. The van der Waals surface area contributed by atoms with Gasteiger partial charge >= 0.3 is 0 Å². The summed E-state index contributed by atoms with van der Waals surface area (Å²) < 4.78 is 2.16. The minimum atomic E-state index is 0.173. The summed E-state index contributed by atoms with van der Waals surface area (Å²) in [4.78, 5) is 17.2. The molecule has 2 fully saturated rings. The number of piperidine rings is 1. The standard InChI is InChI=1S/C22H30ClN5OS/c1-26-21(24-25-22(26)30-14-13-27-9-2-3-10-27)18-7-11-28(12-8-18)20(29)16-17-5-4-6-19(23)15-17/h4-6,15,18H,2-3,7-14,16H2,1H3. The molecule has 162 valence electrons. The van der Waals surface area contributed by atoms with E-state index in [2.05, 4.69) is 26.7 Å². The number of likely N-dealkylation sites (tertiary alicyclic amines) is 2. The first-order valence-corrected chi connectivity index (χ1v) is 12.2. The number of carbonyl (C=O) groups excluding carboxylic acids is 1. The zero-order valence-electron chi connectivity index (χ0n) is 17.6. The minimum absolute atomic E-state index is 0.173. The Morgan fingerprint density at radius 2 is 1.93 bits per heavy atom. The lowest BCUT2D eigenvalue weighted by atomic mass is 9.95. The first-order chi connectivity index (χ1) is 14.6. The first kappa shape index (κ1) is 21.7. The van der Waals surface area contributed by atoms with Crippen LogP contribution in [0.5, 0.6) is 0 Å². The van der Waals surface area contributed by atoms with Crippen LogP contribution in [0.3, 0.4) is 0 Å². The second kappa shape index (κ2) is 10.2. The number of halogens is 1. The summed E-state index contributed by atoms with van der Waals surface area (Å²) in [6, 6.07) is 7.56. The predicted molar refractivity (Wildman–Crippen MR) is 121 cm³/mol. The molecule has 1 aromatic heterocycles. The molecule has 2 aliphatic heterocycles. The third-order valence-electron chi connectivity index (χ3n) is 6.16. The first-order valence-electron chi connectivity index (χ1n) is 10.9. The van der Waals surface area contributed by atoms with Gasteiger partial charge in [-0.15, -0.1) is 10.2 Å². The normalized spacial score (nSPS) is 18.3. The third kappa shape index (κ3) is 5.37. The van der Waals surface area contributed by atoms with E-state index >= 15 is 0 Å². The van der Waals surface area contributed by atoms with E-state index in [4.69, 9.17) is 11.6 Å². The number of benzene rings is 1. The maximum atomic E-state index is 12.7. The minimum Gasteiger partial charge on any atom is -0.342 e. The number of carbonyl (C=O) groups is 1. The van der Waals surface area contributed by atoms with Crippen LogP contribution in [0, 0.1) is 0 Å². The van der Waals surface area contributed by atoms with E-state index in [0.29, 0.717) is 17.4 Å². The molecule has 30 heavy (non-hydrogen) atoms. The number of thioether (sulfide) groups is 1. The van der Waals surface area contributed by atoms with Gasteiger partial charge in [0.15, 0.2) is 5.16 Å². The van der Waals surface area contributed by atoms with E-state index in [1.165, 1.54) is 25.9 Å². The molecule has 2 saturated heterocycles. The fourth-order valence-corrected chi connectivity index (χ4v) is 5.53. The Bertz CT molecular complexity index is 859. The molecular formula is C22H30ClN5OS. The highest BCUT2D eigenvalue weighted by Crippen LogP contribution is 2.29. The largest absolute Gasteiger partial charge is 0.342 e. The Hall–Kier alpha value is -1.57. The number of amides is 1. The lowest BCUT2D eigenvalue weighted by Crippen LogP contribution is -2.39. The lowest BCUT2D eigenvalue weighted by molar-refractivity contribution is -0.131. The summed E-state index contributed by atoms with van der Waals surface area (Å²) in [5.41, 5.74) is 0.971. The highest BCUT2D eigenvalue weighted by Gasteiger charge is 2.27.